The summed E-state index contributed by atoms with van der Waals surface area (Å²) in [7, 11) is 0. The summed E-state index contributed by atoms with van der Waals surface area (Å²) in [6, 6.07) is 3.50. The van der Waals surface area contributed by atoms with Crippen LogP contribution in [0.1, 0.15) is 58.7 Å². The molecule has 1 unspecified atom stereocenters. The number of aromatic nitrogens is 1. The SMILES string of the molecule is CCCNC(CCC(C)(C)C)c1ccc(F)cn1. The fraction of sp³-hybridized carbons (Fsp3) is 0.667. The molecule has 0 amide bonds. The fourth-order valence-electron chi connectivity index (χ4n) is 1.84. The van der Waals surface area contributed by atoms with Gasteiger partial charge in [0.1, 0.15) is 5.82 Å². The lowest BCUT2D eigenvalue weighted by molar-refractivity contribution is 0.329. The first kappa shape index (κ1) is 15.1. The number of hydrogen-bond donors (Lipinski definition) is 1. The highest BCUT2D eigenvalue weighted by atomic mass is 19.1. The molecule has 1 atom stereocenters. The highest BCUT2D eigenvalue weighted by Crippen LogP contribution is 2.26. The molecule has 0 fully saturated rings. The van der Waals surface area contributed by atoms with E-state index in [1.54, 1.807) is 6.07 Å². The van der Waals surface area contributed by atoms with Gasteiger partial charge in [-0.3, -0.25) is 4.98 Å². The van der Waals surface area contributed by atoms with Crippen molar-refractivity contribution in [2.75, 3.05) is 6.54 Å². The molecular weight excluding hydrogens is 227 g/mol. The lowest BCUT2D eigenvalue weighted by Gasteiger charge is -2.23. The van der Waals surface area contributed by atoms with Gasteiger partial charge in [-0.2, -0.15) is 0 Å². The number of pyridine rings is 1. The summed E-state index contributed by atoms with van der Waals surface area (Å²) < 4.78 is 12.9. The van der Waals surface area contributed by atoms with Crippen molar-refractivity contribution in [3.63, 3.8) is 0 Å². The van der Waals surface area contributed by atoms with E-state index in [0.29, 0.717) is 5.41 Å². The van der Waals surface area contributed by atoms with E-state index in [2.05, 4.69) is 38.0 Å². The number of nitrogens with one attached hydrogen (secondary N) is 1. The van der Waals surface area contributed by atoms with Gasteiger partial charge in [0.05, 0.1) is 11.9 Å². The summed E-state index contributed by atoms with van der Waals surface area (Å²) >= 11 is 0. The maximum Gasteiger partial charge on any atom is 0.141 e. The van der Waals surface area contributed by atoms with E-state index >= 15 is 0 Å². The third-order valence-corrected chi connectivity index (χ3v) is 2.93. The molecule has 1 rings (SSSR count). The van der Waals surface area contributed by atoms with Crippen molar-refractivity contribution in [3.8, 4) is 0 Å². The molecule has 0 aromatic carbocycles. The molecule has 2 nitrogen and oxygen atoms in total. The molecule has 18 heavy (non-hydrogen) atoms. The van der Waals surface area contributed by atoms with E-state index in [0.717, 1.165) is 31.5 Å². The van der Waals surface area contributed by atoms with Gasteiger partial charge in [0, 0.05) is 6.04 Å². The number of nitrogens with zero attached hydrogens (tertiary/aromatic N) is 1. The Balaban J connectivity index is 2.68. The topological polar surface area (TPSA) is 24.9 Å². The highest BCUT2D eigenvalue weighted by molar-refractivity contribution is 5.10. The molecule has 0 spiro atoms. The summed E-state index contributed by atoms with van der Waals surface area (Å²) in [5, 5.41) is 3.49. The lowest BCUT2D eigenvalue weighted by atomic mass is 9.88. The molecule has 1 heterocycles. The first-order valence-corrected chi connectivity index (χ1v) is 6.77. The highest BCUT2D eigenvalue weighted by Gasteiger charge is 2.17. The van der Waals surface area contributed by atoms with Crippen LogP contribution in [0.25, 0.3) is 0 Å². The van der Waals surface area contributed by atoms with Crippen molar-refractivity contribution < 1.29 is 4.39 Å². The van der Waals surface area contributed by atoms with Crippen LogP contribution >= 0.6 is 0 Å². The van der Waals surface area contributed by atoms with E-state index in [1.807, 2.05) is 0 Å². The Morgan fingerprint density at radius 2 is 2.06 bits per heavy atom. The third-order valence-electron chi connectivity index (χ3n) is 2.93. The van der Waals surface area contributed by atoms with E-state index in [4.69, 9.17) is 0 Å². The summed E-state index contributed by atoms with van der Waals surface area (Å²) in [4.78, 5) is 4.19. The average Bonchev–Trinajstić information content (AvgIpc) is 2.29. The molecule has 0 aliphatic carbocycles. The Labute approximate surface area is 110 Å². The van der Waals surface area contributed by atoms with Crippen LogP contribution in [0.5, 0.6) is 0 Å². The van der Waals surface area contributed by atoms with E-state index in [-0.39, 0.29) is 11.9 Å². The second-order valence-electron chi connectivity index (χ2n) is 6.01. The van der Waals surface area contributed by atoms with E-state index < -0.39 is 0 Å². The fourth-order valence-corrected chi connectivity index (χ4v) is 1.84. The van der Waals surface area contributed by atoms with Crippen LogP contribution in [0.2, 0.25) is 0 Å². The van der Waals surface area contributed by atoms with Crippen LogP contribution in [0, 0.1) is 11.2 Å². The summed E-state index contributed by atoms with van der Waals surface area (Å²) in [6.45, 7) is 9.83. The first-order valence-electron chi connectivity index (χ1n) is 6.77. The molecule has 0 saturated heterocycles. The number of rotatable bonds is 6. The van der Waals surface area contributed by atoms with Crippen molar-refractivity contribution in [3.05, 3.63) is 29.8 Å². The Kier molecular flexibility index (Phi) is 5.73. The van der Waals surface area contributed by atoms with Crippen LogP contribution in [-0.4, -0.2) is 11.5 Å². The minimum Gasteiger partial charge on any atom is -0.309 e. The molecule has 0 radical (unpaired) electrons. The van der Waals surface area contributed by atoms with Crippen molar-refractivity contribution in [1.29, 1.82) is 0 Å². The Morgan fingerprint density at radius 1 is 1.33 bits per heavy atom. The summed E-state index contributed by atoms with van der Waals surface area (Å²) in [6.07, 6.45) is 4.54. The average molecular weight is 252 g/mol. The van der Waals surface area contributed by atoms with Crippen molar-refractivity contribution in [1.82, 2.24) is 10.3 Å². The quantitative estimate of drug-likeness (QED) is 0.825. The Bertz CT molecular complexity index is 341. The minimum absolute atomic E-state index is 0.227. The molecule has 0 aliphatic heterocycles. The van der Waals surface area contributed by atoms with Crippen molar-refractivity contribution >= 4 is 0 Å². The van der Waals surface area contributed by atoms with Crippen LogP contribution < -0.4 is 5.32 Å². The second-order valence-corrected chi connectivity index (χ2v) is 6.01. The Hall–Kier alpha value is -0.960. The van der Waals surface area contributed by atoms with Gasteiger partial charge >= 0.3 is 0 Å². The van der Waals surface area contributed by atoms with Crippen LogP contribution in [0.4, 0.5) is 4.39 Å². The smallest absolute Gasteiger partial charge is 0.141 e. The van der Waals surface area contributed by atoms with E-state index in [9.17, 15) is 4.39 Å². The second kappa shape index (κ2) is 6.83. The molecule has 1 N–H and O–H groups in total. The molecule has 1 aromatic heterocycles. The zero-order valence-electron chi connectivity index (χ0n) is 12.0. The van der Waals surface area contributed by atoms with Crippen LogP contribution in [0.15, 0.2) is 18.3 Å². The Morgan fingerprint density at radius 3 is 2.56 bits per heavy atom. The molecule has 0 bridgehead atoms. The first-order chi connectivity index (χ1) is 8.42. The largest absolute Gasteiger partial charge is 0.309 e. The number of hydrogen-bond acceptors (Lipinski definition) is 2. The van der Waals surface area contributed by atoms with Gasteiger partial charge in [-0.05, 0) is 43.4 Å². The van der Waals surface area contributed by atoms with Gasteiger partial charge in [-0.25, -0.2) is 4.39 Å². The summed E-state index contributed by atoms with van der Waals surface area (Å²) in [5.41, 5.74) is 1.25. The summed E-state index contributed by atoms with van der Waals surface area (Å²) in [5.74, 6) is -0.274. The monoisotopic (exact) mass is 252 g/mol. The molecule has 3 heteroatoms. The minimum atomic E-state index is -0.274. The molecule has 102 valence electrons. The maximum absolute atomic E-state index is 12.9. The number of halogens is 1. The lowest BCUT2D eigenvalue weighted by Crippen LogP contribution is -2.24. The third kappa shape index (κ3) is 5.58. The molecule has 0 aliphatic rings. The van der Waals surface area contributed by atoms with Crippen LogP contribution in [-0.2, 0) is 0 Å². The van der Waals surface area contributed by atoms with Gasteiger partial charge in [0.15, 0.2) is 0 Å². The van der Waals surface area contributed by atoms with Gasteiger partial charge in [0.25, 0.3) is 0 Å². The van der Waals surface area contributed by atoms with E-state index in [1.165, 1.54) is 12.3 Å². The van der Waals surface area contributed by atoms with Crippen molar-refractivity contribution in [2.24, 2.45) is 5.41 Å². The van der Waals surface area contributed by atoms with Gasteiger partial charge < -0.3 is 5.32 Å². The van der Waals surface area contributed by atoms with Crippen molar-refractivity contribution in [2.45, 2.75) is 53.0 Å². The molecule has 1 aromatic rings. The standard InChI is InChI=1S/C15H25FN2/c1-5-10-17-14(8-9-15(2,3)4)13-7-6-12(16)11-18-13/h6-7,11,14,17H,5,8-10H2,1-4H3. The van der Waals surface area contributed by atoms with Gasteiger partial charge in [0.2, 0.25) is 0 Å². The van der Waals surface area contributed by atoms with Gasteiger partial charge in [-0.1, -0.05) is 27.7 Å². The zero-order valence-corrected chi connectivity index (χ0v) is 12.0. The molecule has 0 saturated carbocycles. The zero-order chi connectivity index (χ0) is 13.6. The normalized spacial score (nSPS) is 13.6. The maximum atomic E-state index is 12.9. The predicted molar refractivity (Wildman–Crippen MR) is 73.9 cm³/mol. The van der Waals surface area contributed by atoms with Crippen LogP contribution in [0.3, 0.4) is 0 Å². The molecular formula is C15H25FN2. The predicted octanol–water partition coefficient (Wildman–Crippen LogP) is 4.09. The van der Waals surface area contributed by atoms with Gasteiger partial charge in [-0.15, -0.1) is 0 Å².